The summed E-state index contributed by atoms with van der Waals surface area (Å²) in [5, 5.41) is 3.42. The van der Waals surface area contributed by atoms with Crippen LogP contribution in [0.2, 0.25) is 0 Å². The van der Waals surface area contributed by atoms with Gasteiger partial charge in [0, 0.05) is 30.4 Å². The van der Waals surface area contributed by atoms with E-state index in [1.807, 2.05) is 32.0 Å². The average molecular weight is 444 g/mol. The van der Waals surface area contributed by atoms with Crippen molar-refractivity contribution in [1.82, 2.24) is 10.2 Å². The minimum atomic E-state index is -4.51. The maximum Gasteiger partial charge on any atom is 0.416 e. The number of amides is 1. The van der Waals surface area contributed by atoms with Crippen LogP contribution in [0.25, 0.3) is 0 Å². The summed E-state index contributed by atoms with van der Waals surface area (Å²) in [5.41, 5.74) is 1.97. The van der Waals surface area contributed by atoms with Crippen molar-refractivity contribution >= 4 is 11.6 Å². The van der Waals surface area contributed by atoms with E-state index in [0.29, 0.717) is 11.3 Å². The highest BCUT2D eigenvalue weighted by Crippen LogP contribution is 2.43. The standard InChI is InChI=1S/C25H28F3N3O/c1-16-4-3-5-19(10-16)31-13-21-20(23(31)32)11-18(12-22(21)25(26,27)28)17(2)30-9-7-24(15-30)6-8-29-14-24/h3-5,10-12,17,29H,6-9,13-15H2,1-2H3/t17-,24+/m1/s1. The van der Waals surface area contributed by atoms with Crippen molar-refractivity contribution in [3.8, 4) is 0 Å². The number of hydrogen-bond acceptors (Lipinski definition) is 3. The van der Waals surface area contributed by atoms with E-state index in [1.54, 1.807) is 12.1 Å². The molecule has 0 bridgehead atoms. The molecule has 7 heteroatoms. The van der Waals surface area contributed by atoms with Crippen LogP contribution in [0.3, 0.4) is 0 Å². The first kappa shape index (κ1) is 21.5. The number of hydrogen-bond donors (Lipinski definition) is 1. The molecule has 0 aliphatic carbocycles. The van der Waals surface area contributed by atoms with E-state index >= 15 is 0 Å². The number of carbonyl (C=O) groups excluding carboxylic acids is 1. The van der Waals surface area contributed by atoms with Crippen LogP contribution in [0, 0.1) is 12.3 Å². The Bertz CT molecular complexity index is 1060. The summed E-state index contributed by atoms with van der Waals surface area (Å²) in [6.45, 7) is 7.52. The number of anilines is 1. The number of benzene rings is 2. The molecule has 0 radical (unpaired) electrons. The summed E-state index contributed by atoms with van der Waals surface area (Å²) in [7, 11) is 0. The van der Waals surface area contributed by atoms with E-state index in [9.17, 15) is 18.0 Å². The Morgan fingerprint density at radius 2 is 1.97 bits per heavy atom. The van der Waals surface area contributed by atoms with E-state index in [-0.39, 0.29) is 35.0 Å². The molecule has 2 saturated heterocycles. The van der Waals surface area contributed by atoms with Crippen molar-refractivity contribution in [2.45, 2.75) is 45.5 Å². The first-order valence-corrected chi connectivity index (χ1v) is 11.2. The molecular formula is C25H28F3N3O. The van der Waals surface area contributed by atoms with Gasteiger partial charge in [0.15, 0.2) is 0 Å². The maximum atomic E-state index is 14.1. The monoisotopic (exact) mass is 443 g/mol. The summed E-state index contributed by atoms with van der Waals surface area (Å²) >= 11 is 0. The lowest BCUT2D eigenvalue weighted by Crippen LogP contribution is -2.31. The normalized spacial score (nSPS) is 24.5. The fourth-order valence-corrected chi connectivity index (χ4v) is 5.58. The lowest BCUT2D eigenvalue weighted by Gasteiger charge is -2.28. The number of alkyl halides is 3. The van der Waals surface area contributed by atoms with Gasteiger partial charge in [-0.05, 0) is 86.1 Å². The summed E-state index contributed by atoms with van der Waals surface area (Å²) in [5.74, 6) is -0.358. The van der Waals surface area contributed by atoms with Crippen LogP contribution < -0.4 is 10.2 Å². The van der Waals surface area contributed by atoms with Gasteiger partial charge in [0.1, 0.15) is 0 Å². The van der Waals surface area contributed by atoms with Gasteiger partial charge in [-0.3, -0.25) is 9.69 Å². The van der Waals surface area contributed by atoms with Crippen LogP contribution in [-0.4, -0.2) is 37.0 Å². The van der Waals surface area contributed by atoms with Crippen LogP contribution >= 0.6 is 0 Å². The average Bonchev–Trinajstić information content (AvgIpc) is 3.47. The van der Waals surface area contributed by atoms with Gasteiger partial charge in [-0.1, -0.05) is 12.1 Å². The van der Waals surface area contributed by atoms with Gasteiger partial charge < -0.3 is 10.2 Å². The molecule has 170 valence electrons. The highest BCUT2D eigenvalue weighted by atomic mass is 19.4. The number of aryl methyl sites for hydroxylation is 1. The topological polar surface area (TPSA) is 35.6 Å². The summed E-state index contributed by atoms with van der Waals surface area (Å²) in [6.07, 6.45) is -2.34. The molecule has 3 heterocycles. The lowest BCUT2D eigenvalue weighted by atomic mass is 9.86. The van der Waals surface area contributed by atoms with Gasteiger partial charge in [0.2, 0.25) is 0 Å². The third-order valence-corrected chi connectivity index (χ3v) is 7.51. The van der Waals surface area contributed by atoms with E-state index in [1.165, 1.54) is 11.0 Å². The zero-order valence-electron chi connectivity index (χ0n) is 18.4. The molecule has 1 amide bonds. The minimum Gasteiger partial charge on any atom is -0.316 e. The Balaban J connectivity index is 1.50. The maximum absolute atomic E-state index is 14.1. The number of nitrogens with zero attached hydrogens (tertiary/aromatic N) is 2. The van der Waals surface area contributed by atoms with Crippen molar-refractivity contribution in [2.24, 2.45) is 5.41 Å². The fourth-order valence-electron chi connectivity index (χ4n) is 5.58. The minimum absolute atomic E-state index is 0.0559. The number of rotatable bonds is 3. The second-order valence-electron chi connectivity index (χ2n) is 9.65. The third-order valence-electron chi connectivity index (χ3n) is 7.51. The predicted octanol–water partition coefficient (Wildman–Crippen LogP) is 4.92. The van der Waals surface area contributed by atoms with Gasteiger partial charge in [0.05, 0.1) is 12.1 Å². The highest BCUT2D eigenvalue weighted by molar-refractivity contribution is 6.10. The molecule has 0 saturated carbocycles. The summed E-state index contributed by atoms with van der Waals surface area (Å²) < 4.78 is 42.2. The number of halogens is 3. The molecule has 1 N–H and O–H groups in total. The van der Waals surface area contributed by atoms with Crippen LogP contribution in [0.1, 0.15) is 58.4 Å². The molecule has 2 atom stereocenters. The molecule has 2 aromatic rings. The van der Waals surface area contributed by atoms with E-state index < -0.39 is 11.7 Å². The number of fused-ring (bicyclic) bond motifs is 1. The van der Waals surface area contributed by atoms with E-state index in [0.717, 1.165) is 44.6 Å². The molecule has 2 fully saturated rings. The zero-order valence-corrected chi connectivity index (χ0v) is 18.4. The van der Waals surface area contributed by atoms with Crippen LogP contribution in [-0.2, 0) is 12.7 Å². The second kappa shape index (κ2) is 7.59. The Hall–Kier alpha value is -2.38. The van der Waals surface area contributed by atoms with Gasteiger partial charge in [0.25, 0.3) is 5.91 Å². The lowest BCUT2D eigenvalue weighted by molar-refractivity contribution is -0.138. The Kier molecular flexibility index (Phi) is 5.09. The van der Waals surface area contributed by atoms with Gasteiger partial charge >= 0.3 is 6.18 Å². The molecule has 4 nitrogen and oxygen atoms in total. The van der Waals surface area contributed by atoms with E-state index in [2.05, 4.69) is 10.2 Å². The summed E-state index contributed by atoms with van der Waals surface area (Å²) in [6, 6.07) is 10.1. The SMILES string of the molecule is Cc1cccc(N2Cc3c(cc([C@@H](C)N4CC[C@]5(CCNC5)C4)cc3C(F)(F)F)C2=O)c1. The largest absolute Gasteiger partial charge is 0.416 e. The van der Waals surface area contributed by atoms with Gasteiger partial charge in [-0.25, -0.2) is 0 Å². The quantitative estimate of drug-likeness (QED) is 0.732. The molecule has 1 spiro atoms. The first-order chi connectivity index (χ1) is 15.2. The molecule has 0 unspecified atom stereocenters. The number of carbonyl (C=O) groups is 1. The molecule has 2 aromatic carbocycles. The fraction of sp³-hybridized carbons (Fsp3) is 0.480. The van der Waals surface area contributed by atoms with Crippen molar-refractivity contribution in [2.75, 3.05) is 31.1 Å². The van der Waals surface area contributed by atoms with Crippen molar-refractivity contribution in [1.29, 1.82) is 0 Å². The van der Waals surface area contributed by atoms with Crippen LogP contribution in [0.5, 0.6) is 0 Å². The number of nitrogens with one attached hydrogen (secondary N) is 1. The van der Waals surface area contributed by atoms with Gasteiger partial charge in [-0.15, -0.1) is 0 Å². The summed E-state index contributed by atoms with van der Waals surface area (Å²) in [4.78, 5) is 16.9. The molecule has 5 rings (SSSR count). The van der Waals surface area contributed by atoms with Crippen molar-refractivity contribution < 1.29 is 18.0 Å². The molecule has 32 heavy (non-hydrogen) atoms. The van der Waals surface area contributed by atoms with Crippen LogP contribution in [0.15, 0.2) is 36.4 Å². The highest BCUT2D eigenvalue weighted by Gasteiger charge is 2.44. The Morgan fingerprint density at radius 1 is 1.16 bits per heavy atom. The molecule has 3 aliphatic rings. The molecular weight excluding hydrogens is 415 g/mol. The third kappa shape index (κ3) is 3.61. The van der Waals surface area contributed by atoms with Crippen LogP contribution in [0.4, 0.5) is 18.9 Å². The van der Waals surface area contributed by atoms with Crippen molar-refractivity contribution in [3.63, 3.8) is 0 Å². The van der Waals surface area contributed by atoms with Gasteiger partial charge in [-0.2, -0.15) is 13.2 Å². The zero-order chi connectivity index (χ0) is 22.7. The molecule has 3 aliphatic heterocycles. The smallest absolute Gasteiger partial charge is 0.316 e. The predicted molar refractivity (Wildman–Crippen MR) is 118 cm³/mol. The second-order valence-corrected chi connectivity index (χ2v) is 9.65. The van der Waals surface area contributed by atoms with E-state index in [4.69, 9.17) is 0 Å². The number of likely N-dealkylation sites (tertiary alicyclic amines) is 1. The Morgan fingerprint density at radius 3 is 2.66 bits per heavy atom. The Labute approximate surface area is 186 Å². The molecule has 0 aromatic heterocycles. The first-order valence-electron chi connectivity index (χ1n) is 11.2. The van der Waals surface area contributed by atoms with Crippen molar-refractivity contribution in [3.05, 3.63) is 64.2 Å².